The fourth-order valence-electron chi connectivity index (χ4n) is 6.31. The number of nitrogens with one attached hydrogen (secondary N) is 1. The van der Waals surface area contributed by atoms with Gasteiger partial charge in [-0.25, -0.2) is 4.79 Å². The number of benzene rings is 2. The molecule has 6 heteroatoms. The van der Waals surface area contributed by atoms with Crippen LogP contribution in [0.3, 0.4) is 0 Å². The molecule has 3 atom stereocenters. The number of aliphatic imine (C=N–C) groups is 1. The number of hydrogen-bond donors (Lipinski definition) is 3. The van der Waals surface area contributed by atoms with Crippen molar-refractivity contribution in [3.05, 3.63) is 94.7 Å². The number of fused-ring (bicyclic) bond motifs is 1. The summed E-state index contributed by atoms with van der Waals surface area (Å²) in [6, 6.07) is 17.0. The summed E-state index contributed by atoms with van der Waals surface area (Å²) in [6.45, 7) is 7.76. The minimum Gasteiger partial charge on any atom is -0.507 e. The maximum absolute atomic E-state index is 10.3. The molecule has 2 aliphatic carbocycles. The van der Waals surface area contributed by atoms with E-state index in [9.17, 15) is 4.79 Å². The zero-order chi connectivity index (χ0) is 26.0. The Labute approximate surface area is 218 Å². The van der Waals surface area contributed by atoms with Crippen LogP contribution in [0.5, 0.6) is 5.75 Å². The van der Waals surface area contributed by atoms with Crippen LogP contribution in [0.25, 0.3) is 0 Å². The number of anilines is 1. The number of aromatic hydroxyl groups is 1. The molecule has 0 radical (unpaired) electrons. The van der Waals surface area contributed by atoms with Gasteiger partial charge in [0.2, 0.25) is 0 Å². The van der Waals surface area contributed by atoms with Crippen LogP contribution in [-0.2, 0) is 0 Å². The number of carboxylic acid groups (broad SMARTS) is 1. The Morgan fingerprint density at radius 2 is 1.89 bits per heavy atom. The third kappa shape index (κ3) is 4.68. The lowest BCUT2D eigenvalue weighted by atomic mass is 9.66. The summed E-state index contributed by atoms with van der Waals surface area (Å²) in [5, 5.41) is 20.9. The van der Waals surface area contributed by atoms with Gasteiger partial charge in [-0.05, 0) is 60.6 Å². The highest BCUT2D eigenvalue weighted by Crippen LogP contribution is 2.56. The Kier molecular flexibility index (Phi) is 6.92. The van der Waals surface area contributed by atoms with Crippen LogP contribution < -0.4 is 5.32 Å². The van der Waals surface area contributed by atoms with E-state index in [1.807, 2.05) is 0 Å². The van der Waals surface area contributed by atoms with Crippen LogP contribution in [-0.4, -0.2) is 53.0 Å². The van der Waals surface area contributed by atoms with E-state index in [-0.39, 0.29) is 16.7 Å². The van der Waals surface area contributed by atoms with Crippen LogP contribution in [0.15, 0.2) is 94.2 Å². The molecule has 0 aromatic heterocycles. The van der Waals surface area contributed by atoms with Gasteiger partial charge in [-0.2, -0.15) is 0 Å². The molecule has 0 saturated heterocycles. The van der Waals surface area contributed by atoms with Gasteiger partial charge < -0.3 is 20.4 Å². The number of likely N-dealkylation sites (tertiary alicyclic amines) is 1. The van der Waals surface area contributed by atoms with Crippen LogP contribution in [0, 0.1) is 11.3 Å². The number of aromatic carboxylic acids is 1. The van der Waals surface area contributed by atoms with E-state index in [1.165, 1.54) is 42.7 Å². The summed E-state index contributed by atoms with van der Waals surface area (Å²) >= 11 is 0. The molecule has 6 rings (SSSR count). The molecule has 4 aliphatic rings. The number of hydrogen-bond acceptors (Lipinski definition) is 5. The molecule has 5 bridgehead atoms. The Hall–Kier alpha value is -3.80. The monoisotopic (exact) mass is 497 g/mol. The van der Waals surface area contributed by atoms with Gasteiger partial charge in [-0.1, -0.05) is 61.9 Å². The molecule has 2 aliphatic heterocycles. The first-order valence-electron chi connectivity index (χ1n) is 13.1. The van der Waals surface area contributed by atoms with Gasteiger partial charge in [0.1, 0.15) is 11.3 Å². The van der Waals surface area contributed by atoms with Crippen molar-refractivity contribution < 1.29 is 15.0 Å². The van der Waals surface area contributed by atoms with Crippen molar-refractivity contribution in [2.75, 3.05) is 25.0 Å². The van der Waals surface area contributed by atoms with Crippen molar-refractivity contribution in [2.45, 2.75) is 39.2 Å². The molecule has 0 amide bonds. The van der Waals surface area contributed by atoms with Gasteiger partial charge >= 0.3 is 5.97 Å². The van der Waals surface area contributed by atoms with Crippen molar-refractivity contribution in [1.82, 2.24) is 4.90 Å². The highest BCUT2D eigenvalue weighted by atomic mass is 16.4. The molecular formula is C31H35N3O3. The van der Waals surface area contributed by atoms with Crippen LogP contribution in [0.2, 0.25) is 0 Å². The number of nitrogens with zero attached hydrogens (tertiary/aromatic N) is 2. The fraction of sp³-hybridized carbons (Fsp3) is 0.355. The lowest BCUT2D eigenvalue weighted by Crippen LogP contribution is -2.47. The highest BCUT2D eigenvalue weighted by Gasteiger charge is 2.50. The predicted molar refractivity (Wildman–Crippen MR) is 148 cm³/mol. The van der Waals surface area contributed by atoms with E-state index in [1.54, 1.807) is 29.0 Å². The Morgan fingerprint density at radius 3 is 2.62 bits per heavy atom. The smallest absolute Gasteiger partial charge is 0.339 e. The van der Waals surface area contributed by atoms with Crippen molar-refractivity contribution in [1.29, 1.82) is 0 Å². The lowest BCUT2D eigenvalue weighted by Gasteiger charge is -2.46. The Balaban J connectivity index is 0.000000237. The van der Waals surface area contributed by atoms with E-state index in [0.717, 1.165) is 19.6 Å². The van der Waals surface area contributed by atoms with Gasteiger partial charge in [0.05, 0.1) is 6.54 Å². The van der Waals surface area contributed by atoms with Gasteiger partial charge in [0.25, 0.3) is 0 Å². The van der Waals surface area contributed by atoms with Crippen LogP contribution in [0.4, 0.5) is 5.69 Å². The maximum Gasteiger partial charge on any atom is 0.339 e. The van der Waals surface area contributed by atoms with Crippen LogP contribution >= 0.6 is 0 Å². The standard InChI is InChI=1S/C24H29N3.C7H6O3/c1-17-23-15-20-19-9-6-12-25-16-24(17,2)21(19)10-11-22(20)27(23)14-13-26-18-7-4-3-5-8-18;8-6-4-2-1-3-5(6)7(9)10/h3-9,16-17,23,26H,10-15H2,1-2H3;1-4,8H,(H,9,10)/b9-6-,25-16-;. The molecule has 0 spiro atoms. The number of phenols is 1. The fourth-order valence-corrected chi connectivity index (χ4v) is 6.31. The Bertz CT molecular complexity index is 1290. The Morgan fingerprint density at radius 1 is 1.14 bits per heavy atom. The number of rotatable bonds is 5. The molecule has 3 N–H and O–H groups in total. The number of para-hydroxylation sites is 2. The second-order valence-electron chi connectivity index (χ2n) is 10.4. The molecule has 3 unspecified atom stereocenters. The third-order valence-electron chi connectivity index (χ3n) is 8.39. The molecule has 2 aromatic carbocycles. The lowest BCUT2D eigenvalue weighted by molar-refractivity contribution is 0.0693. The number of carbonyl (C=O) groups is 1. The maximum atomic E-state index is 10.3. The first-order chi connectivity index (χ1) is 17.9. The third-order valence-corrected chi connectivity index (χ3v) is 8.39. The average molecular weight is 498 g/mol. The highest BCUT2D eigenvalue weighted by molar-refractivity contribution is 5.90. The second kappa shape index (κ2) is 10.3. The molecule has 0 saturated carbocycles. The SMILES string of the molecule is CC1C2CC3=C(CCC4=C3/C=C\C/N=C\C41C)N2CCNc1ccccc1.O=C(O)c1ccccc1O. The molecule has 6 nitrogen and oxygen atoms in total. The second-order valence-corrected chi connectivity index (χ2v) is 10.4. The minimum atomic E-state index is -1.11. The predicted octanol–water partition coefficient (Wildman–Crippen LogP) is 5.90. The normalized spacial score (nSPS) is 27.0. The van der Waals surface area contributed by atoms with E-state index >= 15 is 0 Å². The van der Waals surface area contributed by atoms with Gasteiger partial charge in [0, 0.05) is 42.1 Å². The molecule has 2 aromatic rings. The van der Waals surface area contributed by atoms with Gasteiger partial charge in [-0.15, -0.1) is 0 Å². The summed E-state index contributed by atoms with van der Waals surface area (Å²) in [6.07, 6.45) is 10.5. The van der Waals surface area contributed by atoms with Gasteiger partial charge in [0.15, 0.2) is 0 Å². The van der Waals surface area contributed by atoms with E-state index in [4.69, 9.17) is 15.2 Å². The van der Waals surface area contributed by atoms with E-state index in [0.29, 0.717) is 12.0 Å². The summed E-state index contributed by atoms with van der Waals surface area (Å²) in [4.78, 5) is 17.7. The van der Waals surface area contributed by atoms with Crippen LogP contribution in [0.1, 0.15) is 43.5 Å². The first kappa shape index (κ1) is 24.9. The summed E-state index contributed by atoms with van der Waals surface area (Å²) in [5.41, 5.74) is 7.65. The van der Waals surface area contributed by atoms with Crippen molar-refractivity contribution in [3.63, 3.8) is 0 Å². The molecule has 192 valence electrons. The minimum absolute atomic E-state index is 0.0671. The quantitative estimate of drug-likeness (QED) is 0.479. The van der Waals surface area contributed by atoms with Gasteiger partial charge in [-0.3, -0.25) is 4.99 Å². The zero-order valence-corrected chi connectivity index (χ0v) is 21.5. The van der Waals surface area contributed by atoms with E-state index in [2.05, 4.69) is 72.8 Å². The summed E-state index contributed by atoms with van der Waals surface area (Å²) < 4.78 is 0. The van der Waals surface area contributed by atoms with Crippen molar-refractivity contribution in [3.8, 4) is 5.75 Å². The molecule has 2 heterocycles. The largest absolute Gasteiger partial charge is 0.507 e. The number of allylic oxidation sites excluding steroid dienone is 4. The zero-order valence-electron chi connectivity index (χ0n) is 21.5. The van der Waals surface area contributed by atoms with Crippen molar-refractivity contribution >= 4 is 17.9 Å². The molecule has 37 heavy (non-hydrogen) atoms. The number of carboxylic acids is 1. The first-order valence-corrected chi connectivity index (χ1v) is 13.1. The molecule has 0 fully saturated rings. The molecular weight excluding hydrogens is 462 g/mol. The summed E-state index contributed by atoms with van der Waals surface area (Å²) in [7, 11) is 0. The van der Waals surface area contributed by atoms with E-state index < -0.39 is 5.97 Å². The topological polar surface area (TPSA) is 85.2 Å². The average Bonchev–Trinajstić information content (AvgIpc) is 3.23. The van der Waals surface area contributed by atoms with Crippen molar-refractivity contribution in [2.24, 2.45) is 16.3 Å². The summed E-state index contributed by atoms with van der Waals surface area (Å²) in [5.74, 6) is -0.738.